The second-order valence-electron chi connectivity index (χ2n) is 5.60. The summed E-state index contributed by atoms with van der Waals surface area (Å²) in [6.07, 6.45) is 2.02. The maximum absolute atomic E-state index is 9.10. The van der Waals surface area contributed by atoms with Gasteiger partial charge in [0.15, 0.2) is 0 Å². The SMILES string of the molecule is CN(C)CCCc1nc2cc(C#N)ccc2c2sc(Br)cc12. The van der Waals surface area contributed by atoms with Gasteiger partial charge in [0, 0.05) is 21.2 Å². The van der Waals surface area contributed by atoms with Crippen molar-refractivity contribution >= 4 is 48.3 Å². The molecule has 0 spiro atoms. The molecule has 0 aliphatic rings. The van der Waals surface area contributed by atoms with Crippen LogP contribution in [-0.2, 0) is 6.42 Å². The fourth-order valence-electron chi connectivity index (χ4n) is 2.62. The molecule has 0 saturated heterocycles. The average molecular weight is 374 g/mol. The number of fused-ring (bicyclic) bond motifs is 3. The third kappa shape index (κ3) is 3.00. The number of nitriles is 1. The molecule has 2 heterocycles. The van der Waals surface area contributed by atoms with Crippen LogP contribution in [0.3, 0.4) is 0 Å². The minimum atomic E-state index is 0.661. The first-order valence-corrected chi connectivity index (χ1v) is 8.76. The molecule has 0 aliphatic carbocycles. The van der Waals surface area contributed by atoms with E-state index in [0.29, 0.717) is 5.56 Å². The molecule has 22 heavy (non-hydrogen) atoms. The lowest BCUT2D eigenvalue weighted by Gasteiger charge is -2.10. The molecule has 0 bridgehead atoms. The maximum atomic E-state index is 9.10. The summed E-state index contributed by atoms with van der Waals surface area (Å²) >= 11 is 5.33. The van der Waals surface area contributed by atoms with E-state index in [1.807, 2.05) is 18.2 Å². The molecule has 0 unspecified atom stereocenters. The number of halogens is 1. The number of rotatable bonds is 4. The third-order valence-electron chi connectivity index (χ3n) is 3.66. The number of benzene rings is 1. The van der Waals surface area contributed by atoms with Crippen LogP contribution in [0.5, 0.6) is 0 Å². The molecule has 0 radical (unpaired) electrons. The van der Waals surface area contributed by atoms with Crippen LogP contribution in [0.25, 0.3) is 21.0 Å². The average Bonchev–Trinajstić information content (AvgIpc) is 2.88. The first kappa shape index (κ1) is 15.4. The number of aryl methyl sites for hydroxylation is 1. The molecular weight excluding hydrogens is 358 g/mol. The number of nitrogens with zero attached hydrogens (tertiary/aromatic N) is 3. The van der Waals surface area contributed by atoms with Crippen molar-refractivity contribution in [2.45, 2.75) is 12.8 Å². The summed E-state index contributed by atoms with van der Waals surface area (Å²) < 4.78 is 2.37. The lowest BCUT2D eigenvalue weighted by atomic mass is 10.1. The molecule has 3 aromatic rings. The number of aromatic nitrogens is 1. The highest BCUT2D eigenvalue weighted by molar-refractivity contribution is 9.11. The van der Waals surface area contributed by atoms with Crippen LogP contribution in [0, 0.1) is 11.3 Å². The fourth-order valence-corrected chi connectivity index (χ4v) is 4.28. The second-order valence-corrected chi connectivity index (χ2v) is 8.03. The molecule has 0 N–H and O–H groups in total. The molecule has 3 nitrogen and oxygen atoms in total. The summed E-state index contributed by atoms with van der Waals surface area (Å²) in [7, 11) is 4.17. The van der Waals surface area contributed by atoms with Crippen molar-refractivity contribution in [3.8, 4) is 6.07 Å². The molecule has 1 aromatic carbocycles. The van der Waals surface area contributed by atoms with Crippen LogP contribution in [-0.4, -0.2) is 30.5 Å². The third-order valence-corrected chi connectivity index (χ3v) is 5.33. The van der Waals surface area contributed by atoms with Gasteiger partial charge in [0.05, 0.1) is 20.9 Å². The largest absolute Gasteiger partial charge is 0.309 e. The quantitative estimate of drug-likeness (QED) is 0.671. The van der Waals surface area contributed by atoms with E-state index in [2.05, 4.69) is 47.1 Å². The van der Waals surface area contributed by atoms with E-state index >= 15 is 0 Å². The van der Waals surface area contributed by atoms with Gasteiger partial charge < -0.3 is 4.90 Å². The van der Waals surface area contributed by atoms with Gasteiger partial charge in [-0.3, -0.25) is 4.98 Å². The molecule has 0 amide bonds. The smallest absolute Gasteiger partial charge is 0.0992 e. The highest BCUT2D eigenvalue weighted by Crippen LogP contribution is 2.36. The zero-order valence-corrected chi connectivity index (χ0v) is 15.0. The standard InChI is InChI=1S/C17H16BrN3S/c1-21(2)7-3-4-14-13-9-16(18)22-17(13)12-6-5-11(10-19)8-15(12)20-14/h5-6,8-9H,3-4,7H2,1-2H3. The topological polar surface area (TPSA) is 39.9 Å². The van der Waals surface area contributed by atoms with E-state index < -0.39 is 0 Å². The summed E-state index contributed by atoms with van der Waals surface area (Å²) in [6.45, 7) is 1.05. The summed E-state index contributed by atoms with van der Waals surface area (Å²) in [6, 6.07) is 10.1. The Morgan fingerprint density at radius 3 is 2.82 bits per heavy atom. The number of pyridine rings is 1. The molecule has 0 saturated carbocycles. The van der Waals surface area contributed by atoms with Crippen LogP contribution < -0.4 is 0 Å². The van der Waals surface area contributed by atoms with Gasteiger partial charge in [-0.2, -0.15) is 5.26 Å². The molecule has 112 valence electrons. The molecule has 0 aliphatic heterocycles. The number of hydrogen-bond acceptors (Lipinski definition) is 4. The van der Waals surface area contributed by atoms with Crippen molar-refractivity contribution in [2.24, 2.45) is 0 Å². The van der Waals surface area contributed by atoms with Crippen molar-refractivity contribution in [1.29, 1.82) is 5.26 Å². The molecule has 5 heteroatoms. The summed E-state index contributed by atoms with van der Waals surface area (Å²) in [5, 5.41) is 11.5. The van der Waals surface area contributed by atoms with Crippen molar-refractivity contribution in [2.75, 3.05) is 20.6 Å². The van der Waals surface area contributed by atoms with E-state index in [4.69, 9.17) is 10.2 Å². The molecular formula is C17H16BrN3S. The summed E-state index contributed by atoms with van der Waals surface area (Å²) in [5.74, 6) is 0. The summed E-state index contributed by atoms with van der Waals surface area (Å²) in [5.41, 5.74) is 2.70. The lowest BCUT2D eigenvalue weighted by molar-refractivity contribution is 0.400. The van der Waals surface area contributed by atoms with Crippen LogP contribution in [0.15, 0.2) is 28.1 Å². The zero-order chi connectivity index (χ0) is 15.7. The van der Waals surface area contributed by atoms with Gasteiger partial charge in [0.2, 0.25) is 0 Å². The molecule has 0 atom stereocenters. The maximum Gasteiger partial charge on any atom is 0.0992 e. The Bertz CT molecular complexity index is 877. The normalized spacial score (nSPS) is 11.4. The molecule has 2 aromatic heterocycles. The Balaban J connectivity index is 2.13. The van der Waals surface area contributed by atoms with Crippen molar-refractivity contribution in [3.63, 3.8) is 0 Å². The monoisotopic (exact) mass is 373 g/mol. The molecule has 0 fully saturated rings. The minimum Gasteiger partial charge on any atom is -0.309 e. The Kier molecular flexibility index (Phi) is 4.44. The highest BCUT2D eigenvalue weighted by Gasteiger charge is 2.12. The Morgan fingerprint density at radius 2 is 2.09 bits per heavy atom. The predicted octanol–water partition coefficient (Wildman–Crippen LogP) is 4.58. The molecule has 3 rings (SSSR count). The zero-order valence-electron chi connectivity index (χ0n) is 12.6. The summed E-state index contributed by atoms with van der Waals surface area (Å²) in [4.78, 5) is 7.03. The number of hydrogen-bond donors (Lipinski definition) is 0. The number of thiophene rings is 1. The Morgan fingerprint density at radius 1 is 1.27 bits per heavy atom. The fraction of sp³-hybridized carbons (Fsp3) is 0.294. The Labute approximate surface area is 142 Å². The highest BCUT2D eigenvalue weighted by atomic mass is 79.9. The Hall–Kier alpha value is -1.48. The van der Waals surface area contributed by atoms with E-state index in [1.165, 1.54) is 10.1 Å². The predicted molar refractivity (Wildman–Crippen MR) is 96.4 cm³/mol. The lowest BCUT2D eigenvalue weighted by Crippen LogP contribution is -2.13. The second kappa shape index (κ2) is 6.33. The van der Waals surface area contributed by atoms with Crippen LogP contribution in [0.2, 0.25) is 0 Å². The van der Waals surface area contributed by atoms with Gasteiger partial charge in [0.25, 0.3) is 0 Å². The van der Waals surface area contributed by atoms with Crippen molar-refractivity contribution in [1.82, 2.24) is 9.88 Å². The van der Waals surface area contributed by atoms with E-state index in [0.717, 1.165) is 39.8 Å². The van der Waals surface area contributed by atoms with Gasteiger partial charge >= 0.3 is 0 Å². The van der Waals surface area contributed by atoms with Crippen molar-refractivity contribution < 1.29 is 0 Å². The van der Waals surface area contributed by atoms with Gasteiger partial charge in [-0.05, 0) is 67.6 Å². The van der Waals surface area contributed by atoms with Gasteiger partial charge in [-0.1, -0.05) is 6.07 Å². The van der Waals surface area contributed by atoms with E-state index in [-0.39, 0.29) is 0 Å². The van der Waals surface area contributed by atoms with Gasteiger partial charge in [0.1, 0.15) is 0 Å². The van der Waals surface area contributed by atoms with E-state index in [9.17, 15) is 0 Å². The van der Waals surface area contributed by atoms with Crippen LogP contribution >= 0.6 is 27.3 Å². The first-order chi connectivity index (χ1) is 10.6. The van der Waals surface area contributed by atoms with Crippen LogP contribution in [0.1, 0.15) is 17.7 Å². The minimum absolute atomic E-state index is 0.661. The van der Waals surface area contributed by atoms with E-state index in [1.54, 1.807) is 11.3 Å². The van der Waals surface area contributed by atoms with Gasteiger partial charge in [-0.15, -0.1) is 11.3 Å². The van der Waals surface area contributed by atoms with Gasteiger partial charge in [-0.25, -0.2) is 0 Å². The van der Waals surface area contributed by atoms with Crippen molar-refractivity contribution in [3.05, 3.63) is 39.3 Å². The van der Waals surface area contributed by atoms with Crippen LogP contribution in [0.4, 0.5) is 0 Å². The first-order valence-electron chi connectivity index (χ1n) is 7.15.